The van der Waals surface area contributed by atoms with Gasteiger partial charge in [0.05, 0.1) is 13.0 Å². The number of hydrogen-bond acceptors (Lipinski definition) is 3. The molecule has 1 rings (SSSR count). The van der Waals surface area contributed by atoms with Crippen LogP contribution in [0.15, 0.2) is 0 Å². The first-order chi connectivity index (χ1) is 5.75. The highest BCUT2D eigenvalue weighted by molar-refractivity contribution is 5.85. The summed E-state index contributed by atoms with van der Waals surface area (Å²) in [7, 11) is 3.16. The van der Waals surface area contributed by atoms with Gasteiger partial charge in [0.1, 0.15) is 0 Å². The lowest BCUT2D eigenvalue weighted by atomic mass is 9.99. The van der Waals surface area contributed by atoms with E-state index in [2.05, 4.69) is 5.32 Å². The molecule has 0 bridgehead atoms. The Labute approximate surface area is 85.0 Å². The largest absolute Gasteiger partial charge is 0.316 e. The van der Waals surface area contributed by atoms with Gasteiger partial charge in [0.15, 0.2) is 0 Å². The lowest BCUT2D eigenvalue weighted by Crippen LogP contribution is -2.40. The van der Waals surface area contributed by atoms with E-state index in [1.54, 1.807) is 7.05 Å². The summed E-state index contributed by atoms with van der Waals surface area (Å²) in [5.74, 6) is 0.174. The number of halogens is 1. The van der Waals surface area contributed by atoms with E-state index in [-0.39, 0.29) is 24.2 Å². The summed E-state index contributed by atoms with van der Waals surface area (Å²) in [5.41, 5.74) is 0. The molecule has 0 saturated carbocycles. The summed E-state index contributed by atoms with van der Waals surface area (Å²) in [4.78, 5) is 16.3. The Balaban J connectivity index is 0.00000144. The van der Waals surface area contributed by atoms with Gasteiger partial charge in [-0.05, 0) is 19.4 Å². The molecule has 0 aromatic rings. The van der Waals surface area contributed by atoms with Gasteiger partial charge in [-0.2, -0.15) is 0 Å². The zero-order valence-electron chi connectivity index (χ0n) is 8.08. The molecule has 4 nitrogen and oxygen atoms in total. The number of carbonyl (C=O) groups is 1. The first-order valence-corrected chi connectivity index (χ1v) is 4.28. The van der Waals surface area contributed by atoms with Gasteiger partial charge >= 0.3 is 0 Å². The fourth-order valence-corrected chi connectivity index (χ4v) is 1.41. The Morgan fingerprint density at radius 1 is 1.62 bits per heavy atom. The van der Waals surface area contributed by atoms with Crippen molar-refractivity contribution in [2.45, 2.75) is 12.8 Å². The lowest BCUT2D eigenvalue weighted by Gasteiger charge is -2.25. The molecular formula is C8H17ClN2O2. The van der Waals surface area contributed by atoms with E-state index >= 15 is 0 Å². The molecule has 1 atom stereocenters. The van der Waals surface area contributed by atoms with Crippen molar-refractivity contribution in [1.82, 2.24) is 10.4 Å². The predicted molar refractivity (Wildman–Crippen MR) is 52.6 cm³/mol. The van der Waals surface area contributed by atoms with Gasteiger partial charge in [-0.25, -0.2) is 5.06 Å². The second kappa shape index (κ2) is 6.18. The Kier molecular flexibility index (Phi) is 6.03. The third kappa shape index (κ3) is 3.50. The zero-order valence-corrected chi connectivity index (χ0v) is 8.89. The van der Waals surface area contributed by atoms with Crippen LogP contribution < -0.4 is 5.32 Å². The molecule has 1 fully saturated rings. The van der Waals surface area contributed by atoms with E-state index in [9.17, 15) is 4.79 Å². The van der Waals surface area contributed by atoms with Crippen LogP contribution in [0.25, 0.3) is 0 Å². The van der Waals surface area contributed by atoms with Gasteiger partial charge in [-0.1, -0.05) is 0 Å². The average molecular weight is 209 g/mol. The van der Waals surface area contributed by atoms with Crippen LogP contribution in [0.5, 0.6) is 0 Å². The highest BCUT2D eigenvalue weighted by Crippen LogP contribution is 2.12. The minimum absolute atomic E-state index is 0. The summed E-state index contributed by atoms with van der Waals surface area (Å²) in [6.45, 7) is 1.81. The van der Waals surface area contributed by atoms with Crippen LogP contribution in [-0.2, 0) is 9.63 Å². The van der Waals surface area contributed by atoms with Crippen LogP contribution in [0.2, 0.25) is 0 Å². The van der Waals surface area contributed by atoms with Gasteiger partial charge < -0.3 is 5.32 Å². The van der Waals surface area contributed by atoms with Crippen LogP contribution in [0.4, 0.5) is 0 Å². The number of hydrogen-bond donors (Lipinski definition) is 1. The number of amides is 1. The van der Waals surface area contributed by atoms with Crippen LogP contribution in [-0.4, -0.2) is 38.2 Å². The predicted octanol–water partition coefficient (Wildman–Crippen LogP) is 0.428. The standard InChI is InChI=1S/C8H16N2O2.ClH/c1-10(12-2)8(11)7-4-3-5-9-6-7;/h7,9H,3-6H2,1-2H3;1H/t7-;/m1./s1. The molecule has 5 heteroatoms. The average Bonchev–Trinajstić information content (AvgIpc) is 2.17. The molecule has 78 valence electrons. The number of piperidine rings is 1. The van der Waals surface area contributed by atoms with Crippen LogP contribution in [0, 0.1) is 5.92 Å². The maximum Gasteiger partial charge on any atom is 0.250 e. The molecule has 1 aliphatic heterocycles. The van der Waals surface area contributed by atoms with Gasteiger partial charge in [0.2, 0.25) is 5.91 Å². The Morgan fingerprint density at radius 2 is 2.31 bits per heavy atom. The summed E-state index contributed by atoms with van der Waals surface area (Å²) in [6, 6.07) is 0. The smallest absolute Gasteiger partial charge is 0.250 e. The summed E-state index contributed by atoms with van der Waals surface area (Å²) in [6.07, 6.45) is 2.05. The maximum absolute atomic E-state index is 11.5. The van der Waals surface area contributed by atoms with Crippen molar-refractivity contribution in [1.29, 1.82) is 0 Å². The fourth-order valence-electron chi connectivity index (χ4n) is 1.41. The topological polar surface area (TPSA) is 41.6 Å². The van der Waals surface area contributed by atoms with Gasteiger partial charge in [-0.3, -0.25) is 9.63 Å². The lowest BCUT2D eigenvalue weighted by molar-refractivity contribution is -0.173. The highest BCUT2D eigenvalue weighted by Gasteiger charge is 2.23. The normalized spacial score (nSPS) is 21.8. The minimum Gasteiger partial charge on any atom is -0.316 e. The summed E-state index contributed by atoms with van der Waals surface area (Å²) >= 11 is 0. The van der Waals surface area contributed by atoms with Crippen molar-refractivity contribution in [2.24, 2.45) is 5.92 Å². The van der Waals surface area contributed by atoms with E-state index in [1.165, 1.54) is 12.2 Å². The molecule has 0 aromatic carbocycles. The third-order valence-corrected chi connectivity index (χ3v) is 2.23. The Hall–Kier alpha value is -0.320. The quantitative estimate of drug-likeness (QED) is 0.670. The second-order valence-electron chi connectivity index (χ2n) is 3.06. The summed E-state index contributed by atoms with van der Waals surface area (Å²) in [5, 5.41) is 4.49. The molecule has 0 aromatic heterocycles. The van der Waals surface area contributed by atoms with Crippen LogP contribution >= 0.6 is 12.4 Å². The molecule has 1 heterocycles. The molecular weight excluding hydrogens is 192 g/mol. The molecule has 1 aliphatic rings. The van der Waals surface area contributed by atoms with Crippen molar-refractivity contribution in [2.75, 3.05) is 27.2 Å². The van der Waals surface area contributed by atoms with Crippen molar-refractivity contribution >= 4 is 18.3 Å². The van der Waals surface area contributed by atoms with E-state index in [0.717, 1.165) is 25.9 Å². The van der Waals surface area contributed by atoms with Crippen molar-refractivity contribution in [3.8, 4) is 0 Å². The number of hydroxylamine groups is 2. The van der Waals surface area contributed by atoms with Crippen molar-refractivity contribution in [3.63, 3.8) is 0 Å². The zero-order chi connectivity index (χ0) is 8.97. The SMILES string of the molecule is CON(C)C(=O)[C@@H]1CCCNC1.Cl. The molecule has 13 heavy (non-hydrogen) atoms. The molecule has 1 saturated heterocycles. The van der Waals surface area contributed by atoms with E-state index in [1.807, 2.05) is 0 Å². The molecule has 0 spiro atoms. The molecule has 1 amide bonds. The van der Waals surface area contributed by atoms with Gasteiger partial charge in [0, 0.05) is 13.6 Å². The van der Waals surface area contributed by atoms with Crippen LogP contribution in [0.1, 0.15) is 12.8 Å². The van der Waals surface area contributed by atoms with E-state index < -0.39 is 0 Å². The second-order valence-corrected chi connectivity index (χ2v) is 3.06. The number of nitrogens with zero attached hydrogens (tertiary/aromatic N) is 1. The molecule has 0 aliphatic carbocycles. The molecule has 0 radical (unpaired) electrons. The third-order valence-electron chi connectivity index (χ3n) is 2.23. The highest BCUT2D eigenvalue weighted by atomic mass is 35.5. The fraction of sp³-hybridized carbons (Fsp3) is 0.875. The number of nitrogens with one attached hydrogen (secondary N) is 1. The van der Waals surface area contributed by atoms with Gasteiger partial charge in [-0.15, -0.1) is 12.4 Å². The van der Waals surface area contributed by atoms with Crippen molar-refractivity contribution < 1.29 is 9.63 Å². The minimum atomic E-state index is 0. The summed E-state index contributed by atoms with van der Waals surface area (Å²) < 4.78 is 0. The van der Waals surface area contributed by atoms with Gasteiger partial charge in [0.25, 0.3) is 0 Å². The first kappa shape index (κ1) is 12.7. The number of carbonyl (C=O) groups excluding carboxylic acids is 1. The van der Waals surface area contributed by atoms with E-state index in [4.69, 9.17) is 4.84 Å². The maximum atomic E-state index is 11.5. The van der Waals surface area contributed by atoms with Crippen LogP contribution in [0.3, 0.4) is 0 Å². The van der Waals surface area contributed by atoms with E-state index in [0.29, 0.717) is 0 Å². The monoisotopic (exact) mass is 208 g/mol. The first-order valence-electron chi connectivity index (χ1n) is 4.28. The van der Waals surface area contributed by atoms with Crippen molar-refractivity contribution in [3.05, 3.63) is 0 Å². The Morgan fingerprint density at radius 3 is 2.77 bits per heavy atom. The Bertz CT molecular complexity index is 160. The molecule has 0 unspecified atom stereocenters. The number of rotatable bonds is 2. The molecule has 1 N–H and O–H groups in total.